The van der Waals surface area contributed by atoms with Gasteiger partial charge in [0.1, 0.15) is 4.21 Å². The Kier molecular flexibility index (Phi) is 5.26. The molecule has 0 radical (unpaired) electrons. The molecule has 1 rings (SSSR count). The van der Waals surface area contributed by atoms with Crippen LogP contribution in [0.2, 0.25) is 0 Å². The fourth-order valence-corrected chi connectivity index (χ4v) is 4.09. The number of hydrogen-bond acceptors (Lipinski definition) is 5. The van der Waals surface area contributed by atoms with Crippen LogP contribution in [0.4, 0.5) is 0 Å². The van der Waals surface area contributed by atoms with Gasteiger partial charge in [-0.2, -0.15) is 11.8 Å². The predicted molar refractivity (Wildman–Crippen MR) is 68.5 cm³/mol. The van der Waals surface area contributed by atoms with Gasteiger partial charge in [0.25, 0.3) is 0 Å². The number of thiophene rings is 1. The Hall–Kier alpha value is -0.0800. The summed E-state index contributed by atoms with van der Waals surface area (Å²) in [6.07, 6.45) is 1.92. The van der Waals surface area contributed by atoms with E-state index in [0.29, 0.717) is 11.4 Å². The van der Waals surface area contributed by atoms with Crippen LogP contribution in [-0.2, 0) is 16.6 Å². The van der Waals surface area contributed by atoms with Crippen molar-refractivity contribution in [3.8, 4) is 0 Å². The highest BCUT2D eigenvalue weighted by atomic mass is 32.2. The minimum atomic E-state index is -3.40. The van der Waals surface area contributed by atoms with Gasteiger partial charge in [-0.05, 0) is 24.8 Å². The number of hydrogen-bond donors (Lipinski definition) is 2. The third-order valence-corrected chi connectivity index (χ3v) is 5.77. The highest BCUT2D eigenvalue weighted by Crippen LogP contribution is 2.25. The summed E-state index contributed by atoms with van der Waals surface area (Å²) in [5.41, 5.74) is 0.817. The van der Waals surface area contributed by atoms with Crippen molar-refractivity contribution >= 4 is 33.1 Å². The summed E-state index contributed by atoms with van der Waals surface area (Å²) in [5, 5.41) is 9.00. The van der Waals surface area contributed by atoms with Crippen LogP contribution in [0.15, 0.2) is 10.3 Å². The average molecular weight is 281 g/mol. The lowest BCUT2D eigenvalue weighted by molar-refractivity contribution is 0.285. The van der Waals surface area contributed by atoms with Crippen LogP contribution < -0.4 is 4.72 Å². The molecule has 0 aliphatic carbocycles. The molecule has 1 aromatic heterocycles. The number of nitrogens with one attached hydrogen (secondary N) is 1. The molecule has 92 valence electrons. The van der Waals surface area contributed by atoms with E-state index in [1.165, 1.54) is 0 Å². The molecular formula is C9H15NO3S3. The van der Waals surface area contributed by atoms with Crippen molar-refractivity contribution in [2.24, 2.45) is 0 Å². The minimum Gasteiger partial charge on any atom is -0.391 e. The molecule has 0 unspecified atom stereocenters. The van der Waals surface area contributed by atoms with Gasteiger partial charge in [-0.3, -0.25) is 0 Å². The second-order valence-corrected chi connectivity index (χ2v) is 7.34. The summed E-state index contributed by atoms with van der Waals surface area (Å²) in [7, 11) is -3.40. The molecule has 2 N–H and O–H groups in total. The standard InChI is InChI=1S/C9H15NO3S3/c1-7-5-9(15-8(7)6-11)16(12,13)10-3-4-14-2/h5,10-11H,3-4,6H2,1-2H3. The van der Waals surface area contributed by atoms with Gasteiger partial charge in [0, 0.05) is 17.2 Å². The molecule has 0 spiro atoms. The summed E-state index contributed by atoms with van der Waals surface area (Å²) in [6, 6.07) is 1.59. The first-order valence-corrected chi connectivity index (χ1v) is 8.39. The molecule has 0 fully saturated rings. The summed E-state index contributed by atoms with van der Waals surface area (Å²) in [5.74, 6) is 0.746. The van der Waals surface area contributed by atoms with Crippen molar-refractivity contribution in [2.45, 2.75) is 17.7 Å². The Balaban J connectivity index is 2.81. The largest absolute Gasteiger partial charge is 0.391 e. The fraction of sp³-hybridized carbons (Fsp3) is 0.556. The lowest BCUT2D eigenvalue weighted by Gasteiger charge is -2.02. The summed E-state index contributed by atoms with van der Waals surface area (Å²) in [6.45, 7) is 2.11. The third-order valence-electron chi connectivity index (χ3n) is 2.00. The third kappa shape index (κ3) is 3.46. The highest BCUT2D eigenvalue weighted by molar-refractivity contribution is 7.98. The minimum absolute atomic E-state index is 0.114. The van der Waals surface area contributed by atoms with E-state index in [1.54, 1.807) is 24.8 Å². The SMILES string of the molecule is CSCCNS(=O)(=O)c1cc(C)c(CO)s1. The van der Waals surface area contributed by atoms with E-state index in [9.17, 15) is 8.42 Å². The summed E-state index contributed by atoms with van der Waals surface area (Å²) in [4.78, 5) is 0.699. The molecule has 0 aliphatic rings. The van der Waals surface area contributed by atoms with Gasteiger partial charge in [0.05, 0.1) is 6.61 Å². The predicted octanol–water partition coefficient (Wildman–Crippen LogP) is 1.19. The van der Waals surface area contributed by atoms with Crippen LogP contribution in [0.25, 0.3) is 0 Å². The van der Waals surface area contributed by atoms with E-state index in [1.807, 2.05) is 6.26 Å². The van der Waals surface area contributed by atoms with Crippen molar-refractivity contribution in [3.05, 3.63) is 16.5 Å². The zero-order valence-corrected chi connectivity index (χ0v) is 11.6. The average Bonchev–Trinajstić information content (AvgIpc) is 2.60. The molecule has 0 aromatic carbocycles. The Morgan fingerprint density at radius 2 is 2.25 bits per heavy atom. The molecule has 7 heteroatoms. The van der Waals surface area contributed by atoms with Crippen molar-refractivity contribution < 1.29 is 13.5 Å². The maximum Gasteiger partial charge on any atom is 0.250 e. The molecule has 0 saturated heterocycles. The van der Waals surface area contributed by atoms with Crippen LogP contribution >= 0.6 is 23.1 Å². The molecule has 16 heavy (non-hydrogen) atoms. The molecule has 4 nitrogen and oxygen atoms in total. The Morgan fingerprint density at radius 3 is 2.75 bits per heavy atom. The number of aliphatic hydroxyl groups is 1. The van der Waals surface area contributed by atoms with Gasteiger partial charge in [-0.15, -0.1) is 11.3 Å². The summed E-state index contributed by atoms with van der Waals surface area (Å²) < 4.78 is 26.4. The Bertz CT molecular complexity index is 439. The smallest absolute Gasteiger partial charge is 0.250 e. The zero-order valence-electron chi connectivity index (χ0n) is 9.19. The second kappa shape index (κ2) is 6.02. The first kappa shape index (κ1) is 14.0. The lowest BCUT2D eigenvalue weighted by Crippen LogP contribution is -2.25. The lowest BCUT2D eigenvalue weighted by atomic mass is 10.3. The number of thioether (sulfide) groups is 1. The van der Waals surface area contributed by atoms with E-state index in [2.05, 4.69) is 4.72 Å². The quantitative estimate of drug-likeness (QED) is 0.769. The van der Waals surface area contributed by atoms with E-state index in [4.69, 9.17) is 5.11 Å². The van der Waals surface area contributed by atoms with E-state index in [-0.39, 0.29) is 10.8 Å². The van der Waals surface area contributed by atoms with E-state index >= 15 is 0 Å². The summed E-state index contributed by atoms with van der Waals surface area (Å²) >= 11 is 2.70. The molecule has 0 atom stereocenters. The normalized spacial score (nSPS) is 11.9. The van der Waals surface area contributed by atoms with Crippen LogP contribution in [0.3, 0.4) is 0 Å². The van der Waals surface area contributed by atoms with Crippen molar-refractivity contribution in [2.75, 3.05) is 18.6 Å². The first-order chi connectivity index (χ1) is 7.51. The van der Waals surface area contributed by atoms with Crippen LogP contribution in [0.1, 0.15) is 10.4 Å². The highest BCUT2D eigenvalue weighted by Gasteiger charge is 2.17. The van der Waals surface area contributed by atoms with Crippen LogP contribution in [0, 0.1) is 6.92 Å². The maximum atomic E-state index is 11.8. The number of aliphatic hydroxyl groups excluding tert-OH is 1. The second-order valence-electron chi connectivity index (χ2n) is 3.22. The molecule has 0 bridgehead atoms. The molecule has 0 saturated carbocycles. The molecule has 1 heterocycles. The van der Waals surface area contributed by atoms with Crippen LogP contribution in [0.5, 0.6) is 0 Å². The molecule has 0 amide bonds. The zero-order chi connectivity index (χ0) is 12.2. The van der Waals surface area contributed by atoms with E-state index < -0.39 is 10.0 Å². The first-order valence-electron chi connectivity index (χ1n) is 4.70. The maximum absolute atomic E-state index is 11.8. The Morgan fingerprint density at radius 1 is 1.56 bits per heavy atom. The van der Waals surface area contributed by atoms with Gasteiger partial charge < -0.3 is 5.11 Å². The number of rotatable bonds is 6. The molecule has 1 aromatic rings. The van der Waals surface area contributed by atoms with Gasteiger partial charge in [-0.25, -0.2) is 13.1 Å². The topological polar surface area (TPSA) is 66.4 Å². The van der Waals surface area contributed by atoms with Crippen molar-refractivity contribution in [3.63, 3.8) is 0 Å². The monoisotopic (exact) mass is 281 g/mol. The number of aryl methyl sites for hydroxylation is 1. The van der Waals surface area contributed by atoms with Crippen LogP contribution in [-0.4, -0.2) is 32.1 Å². The van der Waals surface area contributed by atoms with Crippen molar-refractivity contribution in [1.29, 1.82) is 0 Å². The van der Waals surface area contributed by atoms with Gasteiger partial charge in [0.2, 0.25) is 10.0 Å². The van der Waals surface area contributed by atoms with Crippen molar-refractivity contribution in [1.82, 2.24) is 4.72 Å². The Labute approximate surface area is 104 Å². The van der Waals surface area contributed by atoms with Gasteiger partial charge >= 0.3 is 0 Å². The number of sulfonamides is 1. The fourth-order valence-electron chi connectivity index (χ4n) is 1.13. The molecular weight excluding hydrogens is 266 g/mol. The molecule has 0 aliphatic heterocycles. The van der Waals surface area contributed by atoms with Gasteiger partial charge in [-0.1, -0.05) is 0 Å². The van der Waals surface area contributed by atoms with Gasteiger partial charge in [0.15, 0.2) is 0 Å². The van der Waals surface area contributed by atoms with E-state index in [0.717, 1.165) is 22.7 Å².